The van der Waals surface area contributed by atoms with Crippen LogP contribution in [0.4, 0.5) is 5.82 Å². The fourth-order valence-electron chi connectivity index (χ4n) is 3.20. The molecule has 3 aromatic rings. The molecule has 1 aromatic carbocycles. The summed E-state index contributed by atoms with van der Waals surface area (Å²) in [6, 6.07) is 12.4. The summed E-state index contributed by atoms with van der Waals surface area (Å²) in [5.41, 5.74) is 2.56. The van der Waals surface area contributed by atoms with Crippen molar-refractivity contribution in [1.82, 2.24) is 19.7 Å². The molecule has 1 N–H and O–H groups in total. The quantitative estimate of drug-likeness (QED) is 0.498. The number of hydrogen-bond donors (Lipinski definition) is 1. The lowest BCUT2D eigenvalue weighted by Gasteiger charge is -2.19. The van der Waals surface area contributed by atoms with Crippen molar-refractivity contribution >= 4 is 11.7 Å². The molecule has 0 saturated carbocycles. The molecule has 146 valence electrons. The molecule has 1 amide bonds. The summed E-state index contributed by atoms with van der Waals surface area (Å²) in [5.74, 6) is -0.473. The monoisotopic (exact) mass is 381 g/mol. The number of hydrogen-bond acceptors (Lipinski definition) is 4. The normalized spacial score (nSPS) is 13.1. The number of nitrogens with zero attached hydrogens (tertiary/aromatic N) is 4. The zero-order valence-electron chi connectivity index (χ0n) is 16.1. The van der Waals surface area contributed by atoms with E-state index in [1.807, 2.05) is 67.2 Å². The first-order valence-electron chi connectivity index (χ1n) is 9.15. The van der Waals surface area contributed by atoms with Gasteiger partial charge < -0.3 is 20.0 Å². The summed E-state index contributed by atoms with van der Waals surface area (Å²) in [5, 5.41) is 18.0. The second-order valence-electron chi connectivity index (χ2n) is 6.69. The highest BCUT2D eigenvalue weighted by atomic mass is 16.6. The molecule has 3 rings (SSSR count). The van der Waals surface area contributed by atoms with Gasteiger partial charge in [-0.2, -0.15) is 4.68 Å². The van der Waals surface area contributed by atoms with E-state index >= 15 is 0 Å². The first-order valence-corrected chi connectivity index (χ1v) is 9.15. The summed E-state index contributed by atoms with van der Waals surface area (Å²) in [6.45, 7) is 5.48. The molecule has 0 aliphatic carbocycles. The molecule has 8 nitrogen and oxygen atoms in total. The van der Waals surface area contributed by atoms with Crippen LogP contribution in [0.15, 0.2) is 54.9 Å². The van der Waals surface area contributed by atoms with Crippen molar-refractivity contribution < 1.29 is 9.72 Å². The summed E-state index contributed by atoms with van der Waals surface area (Å²) in [7, 11) is 0. The van der Waals surface area contributed by atoms with E-state index in [0.29, 0.717) is 12.1 Å². The van der Waals surface area contributed by atoms with Crippen LogP contribution in [0.25, 0.3) is 5.69 Å². The maximum atomic E-state index is 12.9. The lowest BCUT2D eigenvalue weighted by molar-refractivity contribution is -0.389. The van der Waals surface area contributed by atoms with Gasteiger partial charge in [0.1, 0.15) is 0 Å². The molecular weight excluding hydrogens is 358 g/mol. The molecule has 0 fully saturated rings. The van der Waals surface area contributed by atoms with Crippen molar-refractivity contribution in [2.45, 2.75) is 39.3 Å². The number of amides is 1. The Labute approximate surface area is 162 Å². The number of nitrogens with one attached hydrogen (secondary N) is 1. The average Bonchev–Trinajstić information content (AvgIpc) is 3.33. The van der Waals surface area contributed by atoms with E-state index in [-0.39, 0.29) is 17.8 Å². The van der Waals surface area contributed by atoms with Crippen LogP contribution in [0, 0.1) is 17.0 Å². The summed E-state index contributed by atoms with van der Waals surface area (Å²) >= 11 is 0. The number of rotatable bonds is 7. The zero-order valence-corrected chi connectivity index (χ0v) is 16.1. The molecule has 2 unspecified atom stereocenters. The highest BCUT2D eigenvalue weighted by Crippen LogP contribution is 2.22. The van der Waals surface area contributed by atoms with Gasteiger partial charge in [-0.1, -0.05) is 19.1 Å². The Hall–Kier alpha value is -3.42. The van der Waals surface area contributed by atoms with Crippen LogP contribution >= 0.6 is 0 Å². The largest absolute Gasteiger partial charge is 0.390 e. The van der Waals surface area contributed by atoms with E-state index in [0.717, 1.165) is 11.3 Å². The maximum Gasteiger partial charge on any atom is 0.390 e. The Morgan fingerprint density at radius 3 is 2.57 bits per heavy atom. The highest BCUT2D eigenvalue weighted by Gasteiger charge is 2.28. The molecule has 2 aromatic heterocycles. The summed E-state index contributed by atoms with van der Waals surface area (Å²) in [6.07, 6.45) is 4.40. The van der Waals surface area contributed by atoms with Crippen LogP contribution in [0.2, 0.25) is 0 Å². The number of carbonyl (C=O) groups excluding carboxylic acids is 1. The molecule has 0 aliphatic heterocycles. The Balaban J connectivity index is 1.78. The van der Waals surface area contributed by atoms with Gasteiger partial charge in [0.15, 0.2) is 6.04 Å². The third kappa shape index (κ3) is 3.95. The van der Waals surface area contributed by atoms with Crippen LogP contribution in [-0.4, -0.2) is 25.2 Å². The maximum absolute atomic E-state index is 12.9. The number of aromatic nitrogens is 3. The van der Waals surface area contributed by atoms with E-state index in [9.17, 15) is 14.9 Å². The van der Waals surface area contributed by atoms with E-state index in [1.165, 1.54) is 10.7 Å². The van der Waals surface area contributed by atoms with Crippen molar-refractivity contribution in [3.63, 3.8) is 0 Å². The standard InChI is InChI=1S/C20H23N5O3/c1-4-18(24-14(2)12-19(22-24)25(27)28)20(26)21-15(3)16-8-7-9-17(13-16)23-10-5-6-11-23/h5-13,15,18H,4H2,1-3H3,(H,21,26). The Morgan fingerprint density at radius 2 is 1.96 bits per heavy atom. The van der Waals surface area contributed by atoms with Crippen molar-refractivity contribution in [3.05, 3.63) is 76.2 Å². The minimum absolute atomic E-state index is 0.220. The van der Waals surface area contributed by atoms with E-state index in [4.69, 9.17) is 0 Å². The number of aryl methyl sites for hydroxylation is 1. The first kappa shape index (κ1) is 19.3. The van der Waals surface area contributed by atoms with E-state index in [2.05, 4.69) is 10.4 Å². The third-order valence-electron chi connectivity index (χ3n) is 4.71. The fourth-order valence-corrected chi connectivity index (χ4v) is 3.20. The van der Waals surface area contributed by atoms with Crippen LogP contribution in [-0.2, 0) is 4.79 Å². The molecule has 0 bridgehead atoms. The minimum atomic E-state index is -0.608. The zero-order chi connectivity index (χ0) is 20.3. The molecular formula is C20H23N5O3. The predicted octanol–water partition coefficient (Wildman–Crippen LogP) is 3.72. The SMILES string of the molecule is CCC(C(=O)NC(C)c1cccc(-n2cccc2)c1)n1nc([N+](=O)[O-])cc1C. The van der Waals surface area contributed by atoms with Crippen molar-refractivity contribution in [2.75, 3.05) is 0 Å². The molecule has 0 spiro atoms. The molecule has 2 atom stereocenters. The highest BCUT2D eigenvalue weighted by molar-refractivity contribution is 5.80. The molecule has 0 saturated heterocycles. The molecule has 28 heavy (non-hydrogen) atoms. The van der Waals surface area contributed by atoms with E-state index < -0.39 is 11.0 Å². The van der Waals surface area contributed by atoms with E-state index in [1.54, 1.807) is 6.92 Å². The molecule has 8 heteroatoms. The summed E-state index contributed by atoms with van der Waals surface area (Å²) < 4.78 is 3.43. The second kappa shape index (κ2) is 8.08. The van der Waals surface area contributed by atoms with Gasteiger partial charge in [0.2, 0.25) is 5.91 Å². The van der Waals surface area contributed by atoms with Gasteiger partial charge in [-0.25, -0.2) is 0 Å². The van der Waals surface area contributed by atoms with Gasteiger partial charge in [0, 0.05) is 18.1 Å². The number of benzene rings is 1. The topological polar surface area (TPSA) is 95.0 Å². The van der Waals surface area contributed by atoms with Gasteiger partial charge >= 0.3 is 5.82 Å². The Morgan fingerprint density at radius 1 is 1.25 bits per heavy atom. The Kier molecular flexibility index (Phi) is 5.58. The molecule has 0 radical (unpaired) electrons. The van der Waals surface area contributed by atoms with Crippen LogP contribution in [0.5, 0.6) is 0 Å². The lowest BCUT2D eigenvalue weighted by Crippen LogP contribution is -2.35. The minimum Gasteiger partial charge on any atom is -0.358 e. The van der Waals surface area contributed by atoms with Gasteiger partial charge in [-0.3, -0.25) is 4.79 Å². The lowest BCUT2D eigenvalue weighted by atomic mass is 10.1. The molecule has 2 heterocycles. The average molecular weight is 381 g/mol. The van der Waals surface area contributed by atoms with Crippen LogP contribution in [0.1, 0.15) is 43.6 Å². The van der Waals surface area contributed by atoms with Gasteiger partial charge in [0.25, 0.3) is 0 Å². The predicted molar refractivity (Wildman–Crippen MR) is 105 cm³/mol. The first-order chi connectivity index (χ1) is 13.4. The van der Waals surface area contributed by atoms with Crippen molar-refractivity contribution in [2.24, 2.45) is 0 Å². The van der Waals surface area contributed by atoms with Gasteiger partial charge in [-0.05, 0) is 55.0 Å². The number of carbonyl (C=O) groups is 1. The fraction of sp³-hybridized carbons (Fsp3) is 0.300. The van der Waals surface area contributed by atoms with Crippen molar-refractivity contribution in [3.8, 4) is 5.69 Å². The van der Waals surface area contributed by atoms with Crippen LogP contribution < -0.4 is 5.32 Å². The smallest absolute Gasteiger partial charge is 0.358 e. The number of nitro groups is 1. The summed E-state index contributed by atoms with van der Waals surface area (Å²) in [4.78, 5) is 23.3. The second-order valence-corrected chi connectivity index (χ2v) is 6.69. The van der Waals surface area contributed by atoms with Gasteiger partial charge in [0.05, 0.1) is 22.9 Å². The third-order valence-corrected chi connectivity index (χ3v) is 4.71. The molecule has 0 aliphatic rings. The van der Waals surface area contributed by atoms with Gasteiger partial charge in [-0.15, -0.1) is 0 Å². The van der Waals surface area contributed by atoms with Crippen LogP contribution in [0.3, 0.4) is 0 Å². The van der Waals surface area contributed by atoms with Crippen molar-refractivity contribution in [1.29, 1.82) is 0 Å². The Bertz CT molecular complexity index is 978.